The third-order valence-electron chi connectivity index (χ3n) is 2.86. The minimum atomic E-state index is -0.429. The fourth-order valence-corrected chi connectivity index (χ4v) is 2.12. The normalized spacial score (nSPS) is 13.9. The monoisotopic (exact) mass is 214 g/mol. The van der Waals surface area contributed by atoms with Crippen molar-refractivity contribution in [3.05, 3.63) is 54.0 Å². The van der Waals surface area contributed by atoms with Gasteiger partial charge in [-0.2, -0.15) is 4.39 Å². The Labute approximate surface area is 93.4 Å². The van der Waals surface area contributed by atoms with Crippen LogP contribution in [0.5, 0.6) is 0 Å². The molecule has 0 atom stereocenters. The highest BCUT2D eigenvalue weighted by molar-refractivity contribution is 5.67. The van der Waals surface area contributed by atoms with Gasteiger partial charge in [-0.3, -0.25) is 0 Å². The molecule has 0 spiro atoms. The maximum Gasteiger partial charge on any atom is 0.214 e. The molecule has 0 unspecified atom stereocenters. The van der Waals surface area contributed by atoms with Gasteiger partial charge in [0.2, 0.25) is 5.95 Å². The molecule has 0 saturated heterocycles. The number of halogens is 1. The van der Waals surface area contributed by atoms with Crippen molar-refractivity contribution in [2.24, 2.45) is 0 Å². The zero-order valence-electron chi connectivity index (χ0n) is 8.73. The summed E-state index contributed by atoms with van der Waals surface area (Å²) in [6, 6.07) is 13.1. The largest absolute Gasteiger partial charge is 0.326 e. The molecule has 2 nitrogen and oxygen atoms in total. The molecule has 0 radical (unpaired) electrons. The van der Waals surface area contributed by atoms with Gasteiger partial charge in [0.05, 0.1) is 0 Å². The molecule has 1 aromatic heterocycles. The second-order valence-corrected chi connectivity index (χ2v) is 3.85. The highest BCUT2D eigenvalue weighted by atomic mass is 19.1. The molecule has 80 valence electrons. The van der Waals surface area contributed by atoms with Gasteiger partial charge in [0, 0.05) is 12.2 Å². The summed E-state index contributed by atoms with van der Waals surface area (Å²) in [5, 5.41) is 0. The molecule has 1 aliphatic rings. The Bertz CT molecular complexity index is 525. The van der Waals surface area contributed by atoms with E-state index in [1.54, 1.807) is 6.07 Å². The molecule has 0 aliphatic carbocycles. The summed E-state index contributed by atoms with van der Waals surface area (Å²) < 4.78 is 13.1. The van der Waals surface area contributed by atoms with Gasteiger partial charge in [-0.15, -0.1) is 0 Å². The van der Waals surface area contributed by atoms with Crippen molar-refractivity contribution in [3.63, 3.8) is 0 Å². The number of pyridine rings is 1. The van der Waals surface area contributed by atoms with Crippen molar-refractivity contribution in [1.82, 2.24) is 4.98 Å². The van der Waals surface area contributed by atoms with Gasteiger partial charge in [0.25, 0.3) is 0 Å². The first-order chi connectivity index (χ1) is 7.84. The van der Waals surface area contributed by atoms with Crippen LogP contribution in [0.2, 0.25) is 0 Å². The molecular weight excluding hydrogens is 203 g/mol. The summed E-state index contributed by atoms with van der Waals surface area (Å²) in [4.78, 5) is 5.97. The van der Waals surface area contributed by atoms with E-state index in [0.717, 1.165) is 18.7 Å². The van der Waals surface area contributed by atoms with Gasteiger partial charge in [-0.05, 0) is 30.2 Å². The lowest BCUT2D eigenvalue weighted by Gasteiger charge is -2.17. The average molecular weight is 214 g/mol. The lowest BCUT2D eigenvalue weighted by molar-refractivity contribution is 0.583. The maximum absolute atomic E-state index is 13.1. The number of nitrogens with zero attached hydrogens (tertiary/aromatic N) is 2. The first kappa shape index (κ1) is 9.33. The summed E-state index contributed by atoms with van der Waals surface area (Å²) in [7, 11) is 0. The average Bonchev–Trinajstić information content (AvgIpc) is 2.72. The van der Waals surface area contributed by atoms with Crippen LogP contribution in [0.4, 0.5) is 15.9 Å². The maximum atomic E-state index is 13.1. The Hall–Kier alpha value is -1.90. The van der Waals surface area contributed by atoms with E-state index in [9.17, 15) is 4.39 Å². The van der Waals surface area contributed by atoms with Gasteiger partial charge in [0.1, 0.15) is 5.82 Å². The summed E-state index contributed by atoms with van der Waals surface area (Å²) in [6.45, 7) is 0.871. The molecule has 0 amide bonds. The van der Waals surface area contributed by atoms with Gasteiger partial charge in [-0.1, -0.05) is 24.3 Å². The first-order valence-electron chi connectivity index (χ1n) is 5.32. The Morgan fingerprint density at radius 3 is 2.81 bits per heavy atom. The van der Waals surface area contributed by atoms with Crippen LogP contribution in [0.3, 0.4) is 0 Å². The Kier molecular flexibility index (Phi) is 2.10. The standard InChI is InChI=1S/C13H11FN2/c14-12-6-3-7-13(15-12)16-9-8-10-4-1-2-5-11(10)16/h1-7H,8-9H2. The van der Waals surface area contributed by atoms with Crippen molar-refractivity contribution < 1.29 is 4.39 Å². The molecule has 2 aromatic rings. The smallest absolute Gasteiger partial charge is 0.214 e. The number of anilines is 2. The zero-order chi connectivity index (χ0) is 11.0. The van der Waals surface area contributed by atoms with Crippen LogP contribution in [-0.4, -0.2) is 11.5 Å². The predicted molar refractivity (Wildman–Crippen MR) is 61.3 cm³/mol. The molecule has 0 fully saturated rings. The molecule has 0 bridgehead atoms. The second-order valence-electron chi connectivity index (χ2n) is 3.85. The van der Waals surface area contributed by atoms with Crippen molar-refractivity contribution >= 4 is 11.5 Å². The quantitative estimate of drug-likeness (QED) is 0.678. The molecule has 16 heavy (non-hydrogen) atoms. The van der Waals surface area contributed by atoms with Crippen LogP contribution >= 0.6 is 0 Å². The predicted octanol–water partition coefficient (Wildman–Crippen LogP) is 2.91. The number of benzene rings is 1. The number of hydrogen-bond donors (Lipinski definition) is 0. The number of fused-ring (bicyclic) bond motifs is 1. The van der Waals surface area contributed by atoms with Gasteiger partial charge in [0.15, 0.2) is 0 Å². The van der Waals surface area contributed by atoms with E-state index in [1.807, 2.05) is 18.2 Å². The topological polar surface area (TPSA) is 16.1 Å². The minimum absolute atomic E-state index is 0.429. The lowest BCUT2D eigenvalue weighted by Crippen LogP contribution is -2.14. The number of rotatable bonds is 1. The van der Waals surface area contributed by atoms with E-state index in [-0.39, 0.29) is 0 Å². The van der Waals surface area contributed by atoms with Gasteiger partial charge < -0.3 is 4.90 Å². The third kappa shape index (κ3) is 1.45. The Balaban J connectivity index is 2.05. The van der Waals surface area contributed by atoms with Crippen molar-refractivity contribution in [2.45, 2.75) is 6.42 Å². The number of aromatic nitrogens is 1. The molecule has 2 heterocycles. The second kappa shape index (κ2) is 3.59. The molecule has 3 heteroatoms. The number of hydrogen-bond acceptors (Lipinski definition) is 2. The first-order valence-corrected chi connectivity index (χ1v) is 5.32. The van der Waals surface area contributed by atoms with E-state index < -0.39 is 5.95 Å². The highest BCUT2D eigenvalue weighted by Crippen LogP contribution is 2.32. The van der Waals surface area contributed by atoms with Gasteiger partial charge in [-0.25, -0.2) is 4.98 Å². The van der Waals surface area contributed by atoms with E-state index in [2.05, 4.69) is 22.0 Å². The fourth-order valence-electron chi connectivity index (χ4n) is 2.12. The van der Waals surface area contributed by atoms with Crippen molar-refractivity contribution in [1.29, 1.82) is 0 Å². The van der Waals surface area contributed by atoms with Crippen molar-refractivity contribution in [2.75, 3.05) is 11.4 Å². The van der Waals surface area contributed by atoms with Crippen LogP contribution in [0.25, 0.3) is 0 Å². The van der Waals surface area contributed by atoms with Gasteiger partial charge >= 0.3 is 0 Å². The molecule has 0 N–H and O–H groups in total. The Morgan fingerprint density at radius 1 is 1.06 bits per heavy atom. The summed E-state index contributed by atoms with van der Waals surface area (Å²) in [5.74, 6) is 0.256. The van der Waals surface area contributed by atoms with E-state index >= 15 is 0 Å². The molecular formula is C13H11FN2. The highest BCUT2D eigenvalue weighted by Gasteiger charge is 2.20. The minimum Gasteiger partial charge on any atom is -0.326 e. The molecule has 1 aliphatic heterocycles. The van der Waals surface area contributed by atoms with E-state index in [0.29, 0.717) is 5.82 Å². The summed E-state index contributed by atoms with van der Waals surface area (Å²) >= 11 is 0. The van der Waals surface area contributed by atoms with Crippen LogP contribution in [0.15, 0.2) is 42.5 Å². The Morgan fingerprint density at radius 2 is 1.94 bits per heavy atom. The SMILES string of the molecule is Fc1cccc(N2CCc3ccccc32)n1. The van der Waals surface area contributed by atoms with Crippen LogP contribution in [-0.2, 0) is 6.42 Å². The zero-order valence-corrected chi connectivity index (χ0v) is 8.73. The summed E-state index contributed by atoms with van der Waals surface area (Å²) in [6.07, 6.45) is 0.994. The third-order valence-corrected chi connectivity index (χ3v) is 2.86. The van der Waals surface area contributed by atoms with E-state index in [4.69, 9.17) is 0 Å². The molecule has 0 saturated carbocycles. The molecule has 3 rings (SSSR count). The van der Waals surface area contributed by atoms with Crippen molar-refractivity contribution in [3.8, 4) is 0 Å². The summed E-state index contributed by atoms with van der Waals surface area (Å²) in [5.41, 5.74) is 2.44. The fraction of sp³-hybridized carbons (Fsp3) is 0.154. The van der Waals surface area contributed by atoms with Crippen LogP contribution in [0.1, 0.15) is 5.56 Å². The molecule has 1 aromatic carbocycles. The number of para-hydroxylation sites is 1. The van der Waals surface area contributed by atoms with Crippen LogP contribution < -0.4 is 4.90 Å². The van der Waals surface area contributed by atoms with Crippen LogP contribution in [0, 0.1) is 5.95 Å². The lowest BCUT2D eigenvalue weighted by atomic mass is 10.2. The van der Waals surface area contributed by atoms with E-state index in [1.165, 1.54) is 11.6 Å².